The number of nitrogens with two attached hydrogens (primary N) is 1. The Hall–Kier alpha value is -1.83. The quantitative estimate of drug-likeness (QED) is 0.630. The molecule has 4 N–H and O–H groups in total. The number of ether oxygens (including phenoxy) is 1. The highest BCUT2D eigenvalue weighted by Gasteiger charge is 2.28. The molecule has 0 radical (unpaired) electrons. The Morgan fingerprint density at radius 1 is 1.35 bits per heavy atom. The van der Waals surface area contributed by atoms with Crippen molar-refractivity contribution in [1.82, 2.24) is 10.2 Å². The second-order valence-corrected chi connectivity index (χ2v) is 5.01. The number of urea groups is 1. The maximum atomic E-state index is 12.0. The van der Waals surface area contributed by atoms with E-state index in [1.807, 2.05) is 13.8 Å². The van der Waals surface area contributed by atoms with Crippen LogP contribution in [0.2, 0.25) is 0 Å². The van der Waals surface area contributed by atoms with Crippen molar-refractivity contribution >= 4 is 17.9 Å². The van der Waals surface area contributed by atoms with Crippen LogP contribution in [-0.4, -0.2) is 59.3 Å². The van der Waals surface area contributed by atoms with E-state index in [-0.39, 0.29) is 25.0 Å². The minimum atomic E-state index is -1.19. The van der Waals surface area contributed by atoms with Gasteiger partial charge in [0.2, 0.25) is 5.91 Å². The Balaban J connectivity index is 2.56. The van der Waals surface area contributed by atoms with Crippen molar-refractivity contribution in [2.24, 2.45) is 5.73 Å². The number of primary amides is 1. The predicted molar refractivity (Wildman–Crippen MR) is 70.0 cm³/mol. The van der Waals surface area contributed by atoms with E-state index >= 15 is 0 Å². The van der Waals surface area contributed by atoms with Crippen LogP contribution in [0.15, 0.2) is 0 Å². The highest BCUT2D eigenvalue weighted by Crippen LogP contribution is 2.11. The molecule has 3 atom stereocenters. The first-order valence-corrected chi connectivity index (χ1v) is 6.51. The molecule has 0 saturated carbocycles. The van der Waals surface area contributed by atoms with Gasteiger partial charge in [-0.05, 0) is 20.3 Å². The number of carboxylic acids is 1. The van der Waals surface area contributed by atoms with Gasteiger partial charge in [0, 0.05) is 19.5 Å². The van der Waals surface area contributed by atoms with Gasteiger partial charge in [-0.2, -0.15) is 0 Å². The molecule has 0 spiro atoms. The van der Waals surface area contributed by atoms with Crippen molar-refractivity contribution in [2.45, 2.75) is 44.9 Å². The maximum Gasteiger partial charge on any atom is 0.326 e. The number of amides is 3. The minimum Gasteiger partial charge on any atom is -0.480 e. The molecule has 8 heteroatoms. The molecule has 0 aromatic rings. The normalized spacial score (nSPS) is 24.0. The Bertz CT molecular complexity index is 377. The number of hydrogen-bond acceptors (Lipinski definition) is 4. The number of carboxylic acid groups (broad SMARTS) is 1. The van der Waals surface area contributed by atoms with Crippen molar-refractivity contribution in [1.29, 1.82) is 0 Å². The van der Waals surface area contributed by atoms with Gasteiger partial charge in [0.15, 0.2) is 0 Å². The van der Waals surface area contributed by atoms with E-state index in [1.54, 1.807) is 0 Å². The molecule has 1 saturated heterocycles. The molecular formula is C12H21N3O5. The molecule has 1 aliphatic heterocycles. The highest BCUT2D eigenvalue weighted by molar-refractivity contribution is 5.83. The van der Waals surface area contributed by atoms with Crippen molar-refractivity contribution in [2.75, 3.05) is 13.1 Å². The summed E-state index contributed by atoms with van der Waals surface area (Å²) in [6.07, 6.45) is -0.309. The van der Waals surface area contributed by atoms with Gasteiger partial charge in [-0.15, -0.1) is 0 Å². The molecule has 1 aliphatic rings. The van der Waals surface area contributed by atoms with Crippen LogP contribution in [0.25, 0.3) is 0 Å². The Kier molecular flexibility index (Phi) is 5.75. The summed E-state index contributed by atoms with van der Waals surface area (Å²) < 4.78 is 5.50. The first-order valence-electron chi connectivity index (χ1n) is 6.51. The zero-order valence-electron chi connectivity index (χ0n) is 11.7. The Labute approximate surface area is 117 Å². The summed E-state index contributed by atoms with van der Waals surface area (Å²) in [5.41, 5.74) is 4.98. The fraction of sp³-hybridized carbons (Fsp3) is 0.750. The zero-order chi connectivity index (χ0) is 15.3. The SMILES string of the molecule is C[C@@H]1CN(C(=O)N[C@H](CCC(N)=O)C(=O)O)C[C@H](C)O1. The van der Waals surface area contributed by atoms with Crippen molar-refractivity contribution in [3.05, 3.63) is 0 Å². The van der Waals surface area contributed by atoms with Gasteiger partial charge in [-0.3, -0.25) is 4.79 Å². The van der Waals surface area contributed by atoms with Crippen molar-refractivity contribution in [3.8, 4) is 0 Å². The van der Waals surface area contributed by atoms with Crippen LogP contribution in [0.5, 0.6) is 0 Å². The summed E-state index contributed by atoms with van der Waals surface area (Å²) in [5, 5.41) is 11.4. The average molecular weight is 287 g/mol. The van der Waals surface area contributed by atoms with Crippen LogP contribution in [0.3, 0.4) is 0 Å². The smallest absolute Gasteiger partial charge is 0.326 e. The number of carbonyl (C=O) groups is 3. The van der Waals surface area contributed by atoms with Crippen LogP contribution < -0.4 is 11.1 Å². The molecule has 114 valence electrons. The summed E-state index contributed by atoms with van der Waals surface area (Å²) in [5.74, 6) is -1.78. The van der Waals surface area contributed by atoms with Crippen LogP contribution >= 0.6 is 0 Å². The monoisotopic (exact) mass is 287 g/mol. The fourth-order valence-corrected chi connectivity index (χ4v) is 2.13. The van der Waals surface area contributed by atoms with Gasteiger partial charge in [0.1, 0.15) is 6.04 Å². The third kappa shape index (κ3) is 5.04. The number of aliphatic carboxylic acids is 1. The first kappa shape index (κ1) is 16.2. The lowest BCUT2D eigenvalue weighted by molar-refractivity contribution is -0.139. The lowest BCUT2D eigenvalue weighted by Gasteiger charge is -2.35. The van der Waals surface area contributed by atoms with E-state index in [0.717, 1.165) is 0 Å². The molecule has 20 heavy (non-hydrogen) atoms. The third-order valence-corrected chi connectivity index (χ3v) is 2.98. The lowest BCUT2D eigenvalue weighted by Crippen LogP contribution is -2.54. The second-order valence-electron chi connectivity index (χ2n) is 5.01. The van der Waals surface area contributed by atoms with Gasteiger partial charge in [0.05, 0.1) is 12.2 Å². The van der Waals surface area contributed by atoms with Crippen molar-refractivity contribution < 1.29 is 24.2 Å². The summed E-state index contributed by atoms with van der Waals surface area (Å²) in [4.78, 5) is 35.3. The minimum absolute atomic E-state index is 0.0220. The number of carbonyl (C=O) groups excluding carboxylic acids is 2. The van der Waals surface area contributed by atoms with Gasteiger partial charge >= 0.3 is 12.0 Å². The molecule has 0 bridgehead atoms. The van der Waals surface area contributed by atoms with E-state index in [9.17, 15) is 14.4 Å². The predicted octanol–water partition coefficient (Wildman–Crippen LogP) is -0.476. The molecule has 0 unspecified atom stereocenters. The molecule has 0 aromatic carbocycles. The van der Waals surface area contributed by atoms with Gasteiger partial charge in [-0.1, -0.05) is 0 Å². The van der Waals surface area contributed by atoms with Gasteiger partial charge < -0.3 is 25.8 Å². The average Bonchev–Trinajstić information content (AvgIpc) is 2.32. The Morgan fingerprint density at radius 2 is 1.90 bits per heavy atom. The number of nitrogens with one attached hydrogen (secondary N) is 1. The zero-order valence-corrected chi connectivity index (χ0v) is 11.7. The first-order chi connectivity index (χ1) is 9.29. The molecule has 0 aromatic heterocycles. The highest BCUT2D eigenvalue weighted by atomic mass is 16.5. The summed E-state index contributed by atoms with van der Waals surface area (Å²) in [6.45, 7) is 4.49. The molecule has 1 rings (SSSR count). The number of hydrogen-bond donors (Lipinski definition) is 3. The van der Waals surface area contributed by atoms with E-state index in [1.165, 1.54) is 4.90 Å². The fourth-order valence-electron chi connectivity index (χ4n) is 2.13. The van der Waals surface area contributed by atoms with E-state index in [4.69, 9.17) is 15.6 Å². The standard InChI is InChI=1S/C12H21N3O5/c1-7-5-15(6-8(2)20-7)12(19)14-9(11(17)18)3-4-10(13)16/h7-9H,3-6H2,1-2H3,(H2,13,16)(H,14,19)(H,17,18)/t7-,8+,9-/m1/s1. The van der Waals surface area contributed by atoms with Crippen molar-refractivity contribution in [3.63, 3.8) is 0 Å². The van der Waals surface area contributed by atoms with Crippen LogP contribution in [-0.2, 0) is 14.3 Å². The van der Waals surface area contributed by atoms with Crippen LogP contribution in [0, 0.1) is 0 Å². The summed E-state index contributed by atoms with van der Waals surface area (Å²) >= 11 is 0. The molecule has 3 amide bonds. The molecule has 8 nitrogen and oxygen atoms in total. The van der Waals surface area contributed by atoms with E-state index in [2.05, 4.69) is 5.32 Å². The summed E-state index contributed by atoms with van der Waals surface area (Å²) in [7, 11) is 0. The van der Waals surface area contributed by atoms with Gasteiger partial charge in [-0.25, -0.2) is 9.59 Å². The molecule has 0 aliphatic carbocycles. The third-order valence-electron chi connectivity index (χ3n) is 2.98. The molecule has 1 heterocycles. The number of morpholine rings is 1. The number of rotatable bonds is 5. The van der Waals surface area contributed by atoms with Gasteiger partial charge in [0.25, 0.3) is 0 Å². The Morgan fingerprint density at radius 3 is 2.35 bits per heavy atom. The lowest BCUT2D eigenvalue weighted by atomic mass is 10.1. The van der Waals surface area contributed by atoms with Crippen LogP contribution in [0.1, 0.15) is 26.7 Å². The maximum absolute atomic E-state index is 12.0. The molecule has 1 fully saturated rings. The largest absolute Gasteiger partial charge is 0.480 e. The number of nitrogens with zero attached hydrogens (tertiary/aromatic N) is 1. The second kappa shape index (κ2) is 7.09. The topological polar surface area (TPSA) is 122 Å². The summed E-state index contributed by atoms with van der Waals surface area (Å²) in [6, 6.07) is -1.59. The van der Waals surface area contributed by atoms with Crippen LogP contribution in [0.4, 0.5) is 4.79 Å². The van der Waals surface area contributed by atoms with E-state index in [0.29, 0.717) is 13.1 Å². The molecular weight excluding hydrogens is 266 g/mol. The van der Waals surface area contributed by atoms with E-state index < -0.39 is 23.9 Å².